The Balaban J connectivity index is 1.92. The van der Waals surface area contributed by atoms with Crippen molar-refractivity contribution in [1.82, 2.24) is 5.32 Å². The number of anilines is 1. The number of aliphatic hydroxyl groups is 1. The van der Waals surface area contributed by atoms with Crippen LogP contribution < -0.4 is 11.1 Å². The highest BCUT2D eigenvalue weighted by molar-refractivity contribution is 5.99. The Morgan fingerprint density at radius 2 is 2.26 bits per heavy atom. The second kappa shape index (κ2) is 6.02. The zero-order valence-electron chi connectivity index (χ0n) is 10.7. The molecule has 2 atom stereocenters. The molecule has 4 N–H and O–H groups in total. The molecule has 0 radical (unpaired) electrons. The number of benzene rings is 1. The summed E-state index contributed by atoms with van der Waals surface area (Å²) in [5.41, 5.74) is 6.08. The maximum atomic E-state index is 13.1. The van der Waals surface area contributed by atoms with Crippen molar-refractivity contribution in [3.05, 3.63) is 29.6 Å². The van der Waals surface area contributed by atoms with Crippen LogP contribution >= 0.6 is 0 Å². The predicted octanol–water partition coefficient (Wildman–Crippen LogP) is 1.69. The van der Waals surface area contributed by atoms with Crippen LogP contribution in [-0.4, -0.2) is 23.7 Å². The van der Waals surface area contributed by atoms with Crippen LogP contribution in [0.15, 0.2) is 18.2 Å². The van der Waals surface area contributed by atoms with E-state index in [1.54, 1.807) is 0 Å². The number of hydrogen-bond donors (Lipinski definition) is 3. The van der Waals surface area contributed by atoms with Gasteiger partial charge in [-0.25, -0.2) is 4.39 Å². The van der Waals surface area contributed by atoms with Crippen molar-refractivity contribution in [3.8, 4) is 0 Å². The first kappa shape index (κ1) is 13.8. The van der Waals surface area contributed by atoms with Gasteiger partial charge in [0.15, 0.2) is 0 Å². The number of carbonyl (C=O) groups excluding carboxylic acids is 1. The number of amides is 1. The van der Waals surface area contributed by atoms with Gasteiger partial charge in [-0.05, 0) is 43.4 Å². The van der Waals surface area contributed by atoms with E-state index in [0.29, 0.717) is 13.0 Å². The largest absolute Gasteiger partial charge is 0.398 e. The second-order valence-corrected chi connectivity index (χ2v) is 5.13. The zero-order valence-corrected chi connectivity index (χ0v) is 10.7. The maximum Gasteiger partial charge on any atom is 0.253 e. The molecule has 2 unspecified atom stereocenters. The lowest BCUT2D eigenvalue weighted by molar-refractivity contribution is 0.0874. The molecule has 2 rings (SSSR count). The molecule has 1 saturated carbocycles. The molecule has 0 bridgehead atoms. The smallest absolute Gasteiger partial charge is 0.253 e. The fourth-order valence-corrected chi connectivity index (χ4v) is 2.51. The van der Waals surface area contributed by atoms with E-state index in [4.69, 9.17) is 5.73 Å². The summed E-state index contributed by atoms with van der Waals surface area (Å²) in [4.78, 5) is 11.9. The van der Waals surface area contributed by atoms with E-state index in [1.165, 1.54) is 12.1 Å². The van der Waals surface area contributed by atoms with Crippen molar-refractivity contribution in [2.45, 2.75) is 31.8 Å². The number of nitrogen functional groups attached to an aromatic ring is 1. The van der Waals surface area contributed by atoms with Crippen molar-refractivity contribution in [1.29, 1.82) is 0 Å². The van der Waals surface area contributed by atoms with Gasteiger partial charge in [0.25, 0.3) is 5.91 Å². The van der Waals surface area contributed by atoms with Gasteiger partial charge in [0.1, 0.15) is 5.82 Å². The van der Waals surface area contributed by atoms with Crippen LogP contribution in [0.25, 0.3) is 0 Å². The minimum absolute atomic E-state index is 0.163. The van der Waals surface area contributed by atoms with Gasteiger partial charge < -0.3 is 16.2 Å². The minimum atomic E-state index is -0.479. The molecule has 1 amide bonds. The molecule has 0 heterocycles. The number of rotatable bonds is 3. The Morgan fingerprint density at radius 1 is 1.47 bits per heavy atom. The van der Waals surface area contributed by atoms with Gasteiger partial charge in [-0.3, -0.25) is 4.79 Å². The first-order valence-corrected chi connectivity index (χ1v) is 6.57. The molecule has 104 valence electrons. The summed E-state index contributed by atoms with van der Waals surface area (Å²) in [6, 6.07) is 3.75. The van der Waals surface area contributed by atoms with Crippen molar-refractivity contribution in [2.24, 2.45) is 5.92 Å². The maximum absolute atomic E-state index is 13.1. The molecule has 0 aromatic heterocycles. The van der Waals surface area contributed by atoms with Crippen LogP contribution in [0.4, 0.5) is 10.1 Å². The summed E-state index contributed by atoms with van der Waals surface area (Å²) < 4.78 is 13.1. The van der Waals surface area contributed by atoms with E-state index in [9.17, 15) is 14.3 Å². The highest BCUT2D eigenvalue weighted by atomic mass is 19.1. The summed E-state index contributed by atoms with van der Waals surface area (Å²) in [7, 11) is 0. The standard InChI is InChI=1S/C14H19FN2O2/c15-10-4-5-13(16)12(7-10)14(19)17-8-9-2-1-3-11(18)6-9/h4-5,7,9,11,18H,1-3,6,8,16H2,(H,17,19). The van der Waals surface area contributed by atoms with Gasteiger partial charge >= 0.3 is 0 Å². The fourth-order valence-electron chi connectivity index (χ4n) is 2.51. The monoisotopic (exact) mass is 266 g/mol. The SMILES string of the molecule is Nc1ccc(F)cc1C(=O)NCC1CCCC(O)C1. The Hall–Kier alpha value is -1.62. The van der Waals surface area contributed by atoms with Gasteiger partial charge in [0.2, 0.25) is 0 Å². The van der Waals surface area contributed by atoms with Crippen LogP contribution in [0, 0.1) is 11.7 Å². The van der Waals surface area contributed by atoms with E-state index in [1.807, 2.05) is 0 Å². The molecule has 1 aliphatic carbocycles. The predicted molar refractivity (Wildman–Crippen MR) is 71.1 cm³/mol. The molecule has 0 spiro atoms. The highest BCUT2D eigenvalue weighted by Gasteiger charge is 2.21. The molecule has 5 heteroatoms. The fraction of sp³-hybridized carbons (Fsp3) is 0.500. The molecule has 0 aliphatic heterocycles. The Morgan fingerprint density at radius 3 is 3.00 bits per heavy atom. The molecule has 1 fully saturated rings. The van der Waals surface area contributed by atoms with Crippen LogP contribution in [0.2, 0.25) is 0 Å². The zero-order chi connectivity index (χ0) is 13.8. The molecule has 1 aromatic rings. The van der Waals surface area contributed by atoms with Crippen molar-refractivity contribution in [2.75, 3.05) is 12.3 Å². The van der Waals surface area contributed by atoms with Crippen LogP contribution in [0.3, 0.4) is 0 Å². The van der Waals surface area contributed by atoms with E-state index >= 15 is 0 Å². The van der Waals surface area contributed by atoms with E-state index < -0.39 is 5.82 Å². The van der Waals surface area contributed by atoms with Crippen molar-refractivity contribution in [3.63, 3.8) is 0 Å². The Kier molecular flexibility index (Phi) is 4.37. The summed E-state index contributed by atoms with van der Waals surface area (Å²) >= 11 is 0. The average Bonchev–Trinajstić information content (AvgIpc) is 2.39. The van der Waals surface area contributed by atoms with E-state index in [-0.39, 0.29) is 29.2 Å². The number of aliphatic hydroxyl groups excluding tert-OH is 1. The first-order chi connectivity index (χ1) is 9.06. The number of nitrogens with two attached hydrogens (primary N) is 1. The van der Waals surface area contributed by atoms with Gasteiger partial charge in [-0.2, -0.15) is 0 Å². The third-order valence-electron chi connectivity index (χ3n) is 3.57. The lowest BCUT2D eigenvalue weighted by Gasteiger charge is -2.25. The molecule has 0 saturated heterocycles. The number of halogens is 1. The number of nitrogens with one attached hydrogen (secondary N) is 1. The van der Waals surface area contributed by atoms with Crippen molar-refractivity contribution >= 4 is 11.6 Å². The molecular weight excluding hydrogens is 247 g/mol. The van der Waals surface area contributed by atoms with E-state index in [2.05, 4.69) is 5.32 Å². The lowest BCUT2D eigenvalue weighted by atomic mass is 9.87. The van der Waals surface area contributed by atoms with E-state index in [0.717, 1.165) is 25.3 Å². The van der Waals surface area contributed by atoms with Crippen LogP contribution in [0.1, 0.15) is 36.0 Å². The second-order valence-electron chi connectivity index (χ2n) is 5.13. The summed E-state index contributed by atoms with van der Waals surface area (Å²) in [5, 5.41) is 12.3. The Bertz CT molecular complexity index is 465. The quantitative estimate of drug-likeness (QED) is 0.729. The van der Waals surface area contributed by atoms with Gasteiger partial charge in [-0.1, -0.05) is 6.42 Å². The molecule has 1 aromatic carbocycles. The highest BCUT2D eigenvalue weighted by Crippen LogP contribution is 2.23. The molecule has 1 aliphatic rings. The number of carbonyl (C=O) groups is 1. The summed E-state index contributed by atoms with van der Waals surface area (Å²) in [5.74, 6) is -0.563. The van der Waals surface area contributed by atoms with Crippen LogP contribution in [-0.2, 0) is 0 Å². The molecular formula is C14H19FN2O2. The van der Waals surface area contributed by atoms with Gasteiger partial charge in [0, 0.05) is 12.2 Å². The summed E-state index contributed by atoms with van der Waals surface area (Å²) in [6.07, 6.45) is 3.25. The normalized spacial score (nSPS) is 23.1. The third kappa shape index (κ3) is 3.67. The number of hydrogen-bond acceptors (Lipinski definition) is 3. The van der Waals surface area contributed by atoms with Crippen molar-refractivity contribution < 1.29 is 14.3 Å². The van der Waals surface area contributed by atoms with Gasteiger partial charge in [-0.15, -0.1) is 0 Å². The lowest BCUT2D eigenvalue weighted by Crippen LogP contribution is -2.33. The topological polar surface area (TPSA) is 75.4 Å². The summed E-state index contributed by atoms with van der Waals surface area (Å²) in [6.45, 7) is 0.492. The van der Waals surface area contributed by atoms with Crippen LogP contribution in [0.5, 0.6) is 0 Å². The minimum Gasteiger partial charge on any atom is -0.398 e. The third-order valence-corrected chi connectivity index (χ3v) is 3.57. The Labute approximate surface area is 111 Å². The average molecular weight is 266 g/mol. The van der Waals surface area contributed by atoms with Gasteiger partial charge in [0.05, 0.1) is 11.7 Å². The molecule has 19 heavy (non-hydrogen) atoms. The molecule has 4 nitrogen and oxygen atoms in total. The first-order valence-electron chi connectivity index (χ1n) is 6.57.